The number of carbonyl (C=O) groups is 1. The van der Waals surface area contributed by atoms with E-state index in [-0.39, 0.29) is 5.91 Å². The van der Waals surface area contributed by atoms with Gasteiger partial charge in [-0.1, -0.05) is 18.9 Å². The van der Waals surface area contributed by atoms with Crippen molar-refractivity contribution in [2.75, 3.05) is 14.2 Å². The zero-order valence-corrected chi connectivity index (χ0v) is 14.1. The Hall–Kier alpha value is -1.95. The Bertz CT molecular complexity index is 664. The van der Waals surface area contributed by atoms with Crippen molar-refractivity contribution in [1.82, 2.24) is 5.32 Å². The largest absolute Gasteiger partial charge is 0.493 e. The maximum absolute atomic E-state index is 12.1. The van der Waals surface area contributed by atoms with Crippen LogP contribution in [0.25, 0.3) is 6.08 Å². The smallest absolute Gasteiger partial charge is 0.264 e. The van der Waals surface area contributed by atoms with Crippen molar-refractivity contribution < 1.29 is 14.3 Å². The van der Waals surface area contributed by atoms with Crippen LogP contribution in [0.3, 0.4) is 0 Å². The van der Waals surface area contributed by atoms with Gasteiger partial charge < -0.3 is 14.8 Å². The molecule has 0 spiro atoms. The molecule has 1 aliphatic carbocycles. The third-order valence-corrected chi connectivity index (χ3v) is 4.90. The van der Waals surface area contributed by atoms with E-state index in [9.17, 15) is 4.79 Å². The first-order valence-corrected chi connectivity index (χ1v) is 8.52. The standard InChI is InChI=1S/C17H20N2O3S/c1-21-13-8-7-11(9-14(13)22-2)10-15-16(20)19-17(23-15)18-12-5-3-4-6-12/h7-10,12H,3-6H2,1-2H3,(H,18,19,20)/b15-10-. The Morgan fingerprint density at radius 1 is 1.22 bits per heavy atom. The molecule has 1 aliphatic heterocycles. The molecule has 23 heavy (non-hydrogen) atoms. The molecule has 122 valence electrons. The molecule has 1 saturated carbocycles. The van der Waals surface area contributed by atoms with Crippen LogP contribution in [-0.4, -0.2) is 31.3 Å². The highest BCUT2D eigenvalue weighted by atomic mass is 32.2. The van der Waals surface area contributed by atoms with Crippen LogP contribution in [0.1, 0.15) is 31.2 Å². The molecule has 0 radical (unpaired) electrons. The quantitative estimate of drug-likeness (QED) is 0.860. The highest BCUT2D eigenvalue weighted by molar-refractivity contribution is 8.18. The minimum atomic E-state index is -0.0958. The minimum Gasteiger partial charge on any atom is -0.493 e. The Labute approximate surface area is 140 Å². The zero-order chi connectivity index (χ0) is 16.2. The van der Waals surface area contributed by atoms with Gasteiger partial charge in [0.15, 0.2) is 16.7 Å². The van der Waals surface area contributed by atoms with Gasteiger partial charge >= 0.3 is 0 Å². The summed E-state index contributed by atoms with van der Waals surface area (Å²) in [5.41, 5.74) is 0.891. The van der Waals surface area contributed by atoms with Crippen molar-refractivity contribution in [1.29, 1.82) is 0 Å². The maximum Gasteiger partial charge on any atom is 0.264 e. The van der Waals surface area contributed by atoms with Gasteiger partial charge in [0.05, 0.1) is 25.2 Å². The van der Waals surface area contributed by atoms with E-state index in [4.69, 9.17) is 9.47 Å². The molecule has 0 bridgehead atoms. The van der Waals surface area contributed by atoms with Gasteiger partial charge in [-0.05, 0) is 48.4 Å². The highest BCUT2D eigenvalue weighted by Gasteiger charge is 2.25. The van der Waals surface area contributed by atoms with E-state index in [0.717, 1.165) is 18.4 Å². The van der Waals surface area contributed by atoms with Crippen LogP contribution in [0, 0.1) is 0 Å². The van der Waals surface area contributed by atoms with E-state index < -0.39 is 0 Å². The molecule has 2 fully saturated rings. The van der Waals surface area contributed by atoms with Gasteiger partial charge in [-0.15, -0.1) is 0 Å². The fraction of sp³-hybridized carbons (Fsp3) is 0.412. The zero-order valence-electron chi connectivity index (χ0n) is 13.3. The van der Waals surface area contributed by atoms with E-state index >= 15 is 0 Å². The van der Waals surface area contributed by atoms with E-state index in [2.05, 4.69) is 10.3 Å². The van der Waals surface area contributed by atoms with Crippen LogP contribution in [0.4, 0.5) is 0 Å². The van der Waals surface area contributed by atoms with Gasteiger partial charge in [0, 0.05) is 0 Å². The van der Waals surface area contributed by atoms with E-state index in [1.54, 1.807) is 14.2 Å². The number of nitrogens with zero attached hydrogens (tertiary/aromatic N) is 1. The molecule has 1 N–H and O–H groups in total. The van der Waals surface area contributed by atoms with Gasteiger partial charge in [0.2, 0.25) is 0 Å². The first-order valence-electron chi connectivity index (χ1n) is 7.70. The van der Waals surface area contributed by atoms with E-state index in [1.165, 1.54) is 24.6 Å². The molecule has 1 amide bonds. The summed E-state index contributed by atoms with van der Waals surface area (Å²) in [6, 6.07) is 5.94. The van der Waals surface area contributed by atoms with Crippen molar-refractivity contribution in [3.8, 4) is 11.5 Å². The minimum absolute atomic E-state index is 0.0958. The van der Waals surface area contributed by atoms with Gasteiger partial charge in [-0.25, -0.2) is 0 Å². The lowest BCUT2D eigenvalue weighted by Gasteiger charge is -2.07. The molecular weight excluding hydrogens is 312 g/mol. The topological polar surface area (TPSA) is 59.9 Å². The molecule has 1 saturated heterocycles. The van der Waals surface area contributed by atoms with Crippen molar-refractivity contribution in [2.45, 2.75) is 31.7 Å². The number of rotatable bonds is 4. The highest BCUT2D eigenvalue weighted by Crippen LogP contribution is 2.32. The number of thioether (sulfide) groups is 1. The van der Waals surface area contributed by atoms with Crippen LogP contribution < -0.4 is 14.8 Å². The number of nitrogens with one attached hydrogen (secondary N) is 1. The van der Waals surface area contributed by atoms with Crippen molar-refractivity contribution in [3.63, 3.8) is 0 Å². The number of amides is 1. The number of aliphatic imine (C=N–C) groups is 1. The lowest BCUT2D eigenvalue weighted by molar-refractivity contribution is -0.115. The number of ether oxygens (including phenoxy) is 2. The van der Waals surface area contributed by atoms with Gasteiger partial charge in [-0.3, -0.25) is 9.79 Å². The van der Waals surface area contributed by atoms with Crippen LogP contribution in [0.15, 0.2) is 28.1 Å². The summed E-state index contributed by atoms with van der Waals surface area (Å²) in [6.45, 7) is 0. The maximum atomic E-state index is 12.1. The van der Waals surface area contributed by atoms with Crippen molar-refractivity contribution >= 4 is 28.9 Å². The predicted molar refractivity (Wildman–Crippen MR) is 92.9 cm³/mol. The number of hydrogen-bond acceptors (Lipinski definition) is 5. The summed E-state index contributed by atoms with van der Waals surface area (Å²) in [4.78, 5) is 17.4. The fourth-order valence-corrected chi connectivity index (χ4v) is 3.67. The number of amidine groups is 1. The molecule has 1 heterocycles. The SMILES string of the molecule is COc1ccc(/C=C2\SC(=NC3CCCC3)NC2=O)cc1OC. The third kappa shape index (κ3) is 3.69. The first kappa shape index (κ1) is 15.9. The van der Waals surface area contributed by atoms with E-state index in [0.29, 0.717) is 27.6 Å². The average Bonchev–Trinajstić information content (AvgIpc) is 3.18. The Balaban J connectivity index is 1.78. The average molecular weight is 332 g/mol. The van der Waals surface area contributed by atoms with Crippen LogP contribution in [0.2, 0.25) is 0 Å². The summed E-state index contributed by atoms with van der Waals surface area (Å²) >= 11 is 1.40. The second-order valence-corrected chi connectivity index (χ2v) is 6.58. The molecule has 0 unspecified atom stereocenters. The number of hydrogen-bond donors (Lipinski definition) is 1. The summed E-state index contributed by atoms with van der Waals surface area (Å²) in [5.74, 6) is 1.22. The normalized spacial score (nSPS) is 21.9. The lowest BCUT2D eigenvalue weighted by atomic mass is 10.2. The van der Waals surface area contributed by atoms with Crippen LogP contribution in [-0.2, 0) is 4.79 Å². The summed E-state index contributed by atoms with van der Waals surface area (Å²) in [6.07, 6.45) is 6.55. The van der Waals surface area contributed by atoms with E-state index in [1.807, 2.05) is 24.3 Å². The summed E-state index contributed by atoms with van der Waals surface area (Å²) in [5, 5.41) is 3.57. The fourth-order valence-electron chi connectivity index (χ4n) is 2.78. The number of methoxy groups -OCH3 is 2. The number of carbonyl (C=O) groups excluding carboxylic acids is 1. The predicted octanol–water partition coefficient (Wildman–Crippen LogP) is 3.21. The lowest BCUT2D eigenvalue weighted by Crippen LogP contribution is -2.21. The van der Waals surface area contributed by atoms with Crippen molar-refractivity contribution in [3.05, 3.63) is 28.7 Å². The monoisotopic (exact) mass is 332 g/mol. The second-order valence-electron chi connectivity index (χ2n) is 5.55. The second kappa shape index (κ2) is 7.08. The number of benzene rings is 1. The Morgan fingerprint density at radius 2 is 1.96 bits per heavy atom. The molecule has 2 aliphatic rings. The van der Waals surface area contributed by atoms with Gasteiger partial charge in [0.25, 0.3) is 5.91 Å². The molecule has 1 aromatic carbocycles. The molecule has 5 nitrogen and oxygen atoms in total. The van der Waals surface area contributed by atoms with Crippen LogP contribution >= 0.6 is 11.8 Å². The summed E-state index contributed by atoms with van der Waals surface area (Å²) < 4.78 is 10.5. The van der Waals surface area contributed by atoms with Crippen LogP contribution in [0.5, 0.6) is 11.5 Å². The Kier molecular flexibility index (Phi) is 4.91. The molecule has 0 aromatic heterocycles. The molecular formula is C17H20N2O3S. The first-order chi connectivity index (χ1) is 11.2. The molecule has 1 aromatic rings. The summed E-state index contributed by atoms with van der Waals surface area (Å²) in [7, 11) is 3.19. The van der Waals surface area contributed by atoms with Gasteiger partial charge in [-0.2, -0.15) is 0 Å². The Morgan fingerprint density at radius 3 is 2.65 bits per heavy atom. The molecule has 6 heteroatoms. The third-order valence-electron chi connectivity index (χ3n) is 3.98. The van der Waals surface area contributed by atoms with Crippen molar-refractivity contribution in [2.24, 2.45) is 4.99 Å². The molecule has 3 rings (SSSR count). The van der Waals surface area contributed by atoms with Gasteiger partial charge in [0.1, 0.15) is 0 Å². The molecule has 0 atom stereocenters.